The maximum Gasteiger partial charge on any atom is 0.157 e. The van der Waals surface area contributed by atoms with Crippen molar-refractivity contribution in [1.29, 1.82) is 0 Å². The van der Waals surface area contributed by atoms with Crippen LogP contribution in [0.25, 0.3) is 0 Å². The van der Waals surface area contributed by atoms with Crippen molar-refractivity contribution in [3.63, 3.8) is 0 Å². The summed E-state index contributed by atoms with van der Waals surface area (Å²) in [6.07, 6.45) is 2.63. The predicted octanol–water partition coefficient (Wildman–Crippen LogP) is 1.02. The van der Waals surface area contributed by atoms with Crippen LogP contribution >= 0.6 is 0 Å². The van der Waals surface area contributed by atoms with Crippen LogP contribution in [-0.4, -0.2) is 54.1 Å². The summed E-state index contributed by atoms with van der Waals surface area (Å²) in [6.45, 7) is 8.25. The van der Waals surface area contributed by atoms with Crippen molar-refractivity contribution in [2.24, 2.45) is 0 Å². The van der Waals surface area contributed by atoms with E-state index in [1.807, 2.05) is 0 Å². The van der Waals surface area contributed by atoms with Crippen molar-refractivity contribution < 1.29 is 0 Å². The van der Waals surface area contributed by atoms with Gasteiger partial charge in [-0.15, -0.1) is 0 Å². The number of hydrogen-bond donors (Lipinski definition) is 2. The number of likely N-dealkylation sites (N-methyl/N-ethyl adjacent to an activating group) is 1. The number of hydrogen-bond acceptors (Lipinski definition) is 6. The molecule has 0 amide bonds. The van der Waals surface area contributed by atoms with E-state index in [0.717, 1.165) is 44.2 Å². The molecule has 1 aliphatic rings. The van der Waals surface area contributed by atoms with Crippen molar-refractivity contribution in [3.8, 4) is 0 Å². The lowest BCUT2D eigenvalue weighted by molar-refractivity contribution is 0.312. The molecular formula is C13H24N6. The zero-order valence-corrected chi connectivity index (χ0v) is 12.1. The molecule has 19 heavy (non-hydrogen) atoms. The maximum atomic E-state index is 6.21. The van der Waals surface area contributed by atoms with Crippen LogP contribution in [0.3, 0.4) is 0 Å². The van der Waals surface area contributed by atoms with Gasteiger partial charge in [0.25, 0.3) is 0 Å². The molecule has 0 aromatic carbocycles. The zero-order chi connectivity index (χ0) is 13.8. The van der Waals surface area contributed by atoms with Crippen LogP contribution in [0.15, 0.2) is 6.33 Å². The van der Waals surface area contributed by atoms with Gasteiger partial charge in [-0.3, -0.25) is 0 Å². The van der Waals surface area contributed by atoms with Gasteiger partial charge >= 0.3 is 0 Å². The highest BCUT2D eigenvalue weighted by molar-refractivity contribution is 5.75. The number of piperazine rings is 1. The van der Waals surface area contributed by atoms with Crippen LogP contribution in [0.1, 0.15) is 20.3 Å². The molecule has 1 saturated heterocycles. The van der Waals surface area contributed by atoms with E-state index in [1.54, 1.807) is 6.33 Å². The highest BCUT2D eigenvalue weighted by atomic mass is 15.3. The topological polar surface area (TPSA) is 70.3 Å². The van der Waals surface area contributed by atoms with Crippen molar-refractivity contribution in [3.05, 3.63) is 6.33 Å². The molecule has 1 aliphatic heterocycles. The Kier molecular flexibility index (Phi) is 4.42. The Balaban J connectivity index is 2.15. The molecule has 1 fully saturated rings. The van der Waals surface area contributed by atoms with Crippen LogP contribution < -0.4 is 16.0 Å². The molecule has 0 aliphatic carbocycles. The van der Waals surface area contributed by atoms with E-state index in [9.17, 15) is 0 Å². The Morgan fingerprint density at radius 3 is 2.63 bits per heavy atom. The summed E-state index contributed by atoms with van der Waals surface area (Å²) in [5.74, 6) is 1.60. The van der Waals surface area contributed by atoms with Crippen LogP contribution in [0, 0.1) is 0 Å². The second kappa shape index (κ2) is 6.06. The largest absolute Gasteiger partial charge is 0.393 e. The van der Waals surface area contributed by atoms with Gasteiger partial charge in [-0.2, -0.15) is 0 Å². The maximum absolute atomic E-state index is 6.21. The molecule has 1 unspecified atom stereocenters. The second-order valence-corrected chi connectivity index (χ2v) is 5.20. The lowest BCUT2D eigenvalue weighted by Crippen LogP contribution is -2.45. The van der Waals surface area contributed by atoms with E-state index in [2.05, 4.69) is 46.0 Å². The number of nitrogens with two attached hydrogens (primary N) is 1. The number of nitrogens with one attached hydrogen (secondary N) is 1. The van der Waals surface area contributed by atoms with Gasteiger partial charge in [0.1, 0.15) is 12.0 Å². The van der Waals surface area contributed by atoms with Crippen molar-refractivity contribution in [1.82, 2.24) is 14.9 Å². The first-order valence-electron chi connectivity index (χ1n) is 6.92. The predicted molar refractivity (Wildman–Crippen MR) is 79.5 cm³/mol. The fraction of sp³-hybridized carbons (Fsp3) is 0.692. The standard InChI is InChI=1S/C13H24N6/c1-4-10(2)17-12-11(14)13(16-9-15-12)19-7-5-18(3)6-8-19/h9-10H,4-8,14H2,1-3H3,(H,15,16,17). The number of anilines is 3. The number of aromatic nitrogens is 2. The third-order valence-corrected chi connectivity index (χ3v) is 3.66. The number of nitrogen functional groups attached to an aromatic ring is 1. The van der Waals surface area contributed by atoms with E-state index < -0.39 is 0 Å². The van der Waals surface area contributed by atoms with Gasteiger partial charge in [0.2, 0.25) is 0 Å². The summed E-state index contributed by atoms with van der Waals surface area (Å²) in [6, 6.07) is 0.359. The Hall–Kier alpha value is -1.56. The molecule has 0 radical (unpaired) electrons. The quantitative estimate of drug-likeness (QED) is 0.846. The first kappa shape index (κ1) is 13.9. The van der Waals surface area contributed by atoms with E-state index in [4.69, 9.17) is 5.73 Å². The van der Waals surface area contributed by atoms with Gasteiger partial charge < -0.3 is 20.9 Å². The Morgan fingerprint density at radius 2 is 2.00 bits per heavy atom. The minimum Gasteiger partial charge on any atom is -0.393 e. The Labute approximate surface area is 115 Å². The first-order valence-corrected chi connectivity index (χ1v) is 6.92. The van der Waals surface area contributed by atoms with Gasteiger partial charge in [0.15, 0.2) is 11.6 Å². The molecule has 6 nitrogen and oxygen atoms in total. The Morgan fingerprint density at radius 1 is 1.32 bits per heavy atom. The van der Waals surface area contributed by atoms with Crippen LogP contribution in [0.2, 0.25) is 0 Å². The Bertz CT molecular complexity index is 414. The molecule has 6 heteroatoms. The van der Waals surface area contributed by atoms with Gasteiger partial charge in [0, 0.05) is 32.2 Å². The van der Waals surface area contributed by atoms with Gasteiger partial charge in [0.05, 0.1) is 0 Å². The van der Waals surface area contributed by atoms with Gasteiger partial charge in [-0.25, -0.2) is 9.97 Å². The van der Waals surface area contributed by atoms with E-state index in [-0.39, 0.29) is 0 Å². The molecular weight excluding hydrogens is 240 g/mol. The molecule has 0 saturated carbocycles. The van der Waals surface area contributed by atoms with Crippen LogP contribution in [-0.2, 0) is 0 Å². The molecule has 1 aromatic rings. The molecule has 1 aromatic heterocycles. The third kappa shape index (κ3) is 3.26. The number of rotatable bonds is 4. The average Bonchev–Trinajstić information content (AvgIpc) is 2.42. The van der Waals surface area contributed by atoms with E-state index in [1.165, 1.54) is 0 Å². The number of nitrogens with zero attached hydrogens (tertiary/aromatic N) is 4. The molecule has 0 spiro atoms. The minimum absolute atomic E-state index is 0.359. The zero-order valence-electron chi connectivity index (χ0n) is 12.1. The van der Waals surface area contributed by atoms with Crippen molar-refractivity contribution in [2.45, 2.75) is 26.3 Å². The van der Waals surface area contributed by atoms with Crippen molar-refractivity contribution >= 4 is 17.3 Å². The summed E-state index contributed by atoms with van der Waals surface area (Å²) in [4.78, 5) is 13.2. The van der Waals surface area contributed by atoms with Crippen LogP contribution in [0.5, 0.6) is 0 Å². The fourth-order valence-corrected chi connectivity index (χ4v) is 2.11. The summed E-state index contributed by atoms with van der Waals surface area (Å²) >= 11 is 0. The van der Waals surface area contributed by atoms with E-state index in [0.29, 0.717) is 11.7 Å². The van der Waals surface area contributed by atoms with Crippen LogP contribution in [0.4, 0.5) is 17.3 Å². The monoisotopic (exact) mass is 264 g/mol. The average molecular weight is 264 g/mol. The normalized spacial score (nSPS) is 18.4. The van der Waals surface area contributed by atoms with Gasteiger partial charge in [-0.05, 0) is 20.4 Å². The summed E-state index contributed by atoms with van der Waals surface area (Å²) < 4.78 is 0. The first-order chi connectivity index (χ1) is 9.11. The highest BCUT2D eigenvalue weighted by Gasteiger charge is 2.19. The molecule has 0 bridgehead atoms. The molecule has 2 rings (SSSR count). The third-order valence-electron chi connectivity index (χ3n) is 3.66. The smallest absolute Gasteiger partial charge is 0.157 e. The molecule has 1 atom stereocenters. The molecule has 2 heterocycles. The second-order valence-electron chi connectivity index (χ2n) is 5.20. The molecule has 3 N–H and O–H groups in total. The lowest BCUT2D eigenvalue weighted by atomic mass is 10.2. The summed E-state index contributed by atoms with van der Waals surface area (Å²) in [5.41, 5.74) is 6.87. The minimum atomic E-state index is 0.359. The highest BCUT2D eigenvalue weighted by Crippen LogP contribution is 2.27. The van der Waals surface area contributed by atoms with Gasteiger partial charge in [-0.1, -0.05) is 6.92 Å². The summed E-state index contributed by atoms with van der Waals surface area (Å²) in [5, 5.41) is 3.33. The summed E-state index contributed by atoms with van der Waals surface area (Å²) in [7, 11) is 2.14. The van der Waals surface area contributed by atoms with E-state index >= 15 is 0 Å². The SMILES string of the molecule is CCC(C)Nc1ncnc(N2CCN(C)CC2)c1N. The van der Waals surface area contributed by atoms with Crippen molar-refractivity contribution in [2.75, 3.05) is 49.2 Å². The lowest BCUT2D eigenvalue weighted by Gasteiger charge is -2.34. The molecule has 106 valence electrons. The fourth-order valence-electron chi connectivity index (χ4n) is 2.11.